The molecule has 12 heteroatoms. The molecule has 0 aliphatic heterocycles. The Labute approximate surface area is 247 Å². The zero-order valence-electron chi connectivity index (χ0n) is 22.3. The van der Waals surface area contributed by atoms with Crippen molar-refractivity contribution in [2.24, 2.45) is 5.41 Å². The first-order valence-corrected chi connectivity index (χ1v) is 23.2. The summed E-state index contributed by atoms with van der Waals surface area (Å²) in [5.74, 6) is 0. The van der Waals surface area contributed by atoms with Crippen molar-refractivity contribution < 1.29 is 14.4 Å². The molecule has 0 spiro atoms. The third-order valence-electron chi connectivity index (χ3n) is 4.85. The molecule has 2 aromatic carbocycles. The standard InChI is InChI=1S/C11H15OP2S.C9H11OP2S.C5H11OP2S/c1-11(2,3)9-6-4-8(5-7-9)10(12)14(13)15;1-2-7-3-5-8(6-4-7)9(10)12(11)13;1-5(2,3)4(6)8(7)9/h4-7H,13H2,1-3H3;3-6H,2,11H2,1H3;7H2,1-3H3/q3*+1. The average Bonchev–Trinajstić information content (AvgIpc) is 2.82. The number of benzene rings is 2. The number of carbonyl (C=O) groups excluding carboxylic acids is 3. The van der Waals surface area contributed by atoms with E-state index in [9.17, 15) is 14.4 Å². The van der Waals surface area contributed by atoms with Gasteiger partial charge in [0.15, 0.2) is 35.4 Å². The van der Waals surface area contributed by atoms with E-state index < -0.39 is 19.2 Å². The van der Waals surface area contributed by atoms with Gasteiger partial charge in [-0.25, -0.2) is 14.4 Å². The van der Waals surface area contributed by atoms with E-state index in [1.807, 2.05) is 69.3 Å². The molecule has 6 unspecified atom stereocenters. The normalized spacial score (nSPS) is 12.1. The molecular weight excluding hydrogens is 630 g/mol. The summed E-state index contributed by atoms with van der Waals surface area (Å²) in [5, 5.41) is 0. The van der Waals surface area contributed by atoms with Crippen molar-refractivity contribution in [2.45, 2.75) is 60.3 Å². The first-order chi connectivity index (χ1) is 16.8. The predicted octanol–water partition coefficient (Wildman–Crippen LogP) is 9.27. The topological polar surface area (TPSA) is 51.2 Å². The van der Waals surface area contributed by atoms with Gasteiger partial charge in [0, 0.05) is 0 Å². The molecule has 37 heavy (non-hydrogen) atoms. The number of rotatable bonds is 6. The second-order valence-electron chi connectivity index (χ2n) is 10.0. The molecule has 6 atom stereocenters. The van der Waals surface area contributed by atoms with Crippen LogP contribution in [-0.2, 0) is 52.1 Å². The SMILES string of the molecule is CC(C)(C)C(=O)[P+](P)=S.CC(C)(C)c1ccc(C(=O)[P+](P)=S)cc1.CCc1ccc(C(=O)[P+](P)=S)cc1. The molecule has 0 aliphatic rings. The van der Waals surface area contributed by atoms with Crippen molar-refractivity contribution in [3.8, 4) is 0 Å². The van der Waals surface area contributed by atoms with Gasteiger partial charge >= 0.3 is 16.6 Å². The molecule has 0 aromatic heterocycles. The van der Waals surface area contributed by atoms with Crippen molar-refractivity contribution in [1.82, 2.24) is 0 Å². The summed E-state index contributed by atoms with van der Waals surface area (Å²) in [4.78, 5) is 34.1. The van der Waals surface area contributed by atoms with Gasteiger partial charge in [-0.3, -0.25) is 0 Å². The smallest absolute Gasteiger partial charge is 0.242 e. The molecule has 0 aliphatic carbocycles. The zero-order chi connectivity index (χ0) is 29.1. The maximum atomic E-state index is 11.6. The fourth-order valence-corrected chi connectivity index (χ4v) is 7.56. The molecule has 0 saturated carbocycles. The van der Waals surface area contributed by atoms with Crippen LogP contribution in [0, 0.1) is 5.41 Å². The number of hydrogen-bond donors (Lipinski definition) is 0. The van der Waals surface area contributed by atoms with Crippen LogP contribution >= 0.6 is 45.9 Å². The van der Waals surface area contributed by atoms with Crippen LogP contribution in [0.25, 0.3) is 0 Å². The molecule has 0 radical (unpaired) electrons. The second-order valence-corrected chi connectivity index (χ2v) is 24.8. The predicted molar refractivity (Wildman–Crippen MR) is 186 cm³/mol. The summed E-state index contributed by atoms with van der Waals surface area (Å²) in [6, 6.07) is 15.4. The fourth-order valence-electron chi connectivity index (χ4n) is 2.58. The van der Waals surface area contributed by atoms with Gasteiger partial charge in [-0.1, -0.05) is 52.0 Å². The summed E-state index contributed by atoms with van der Waals surface area (Å²) >= 11 is 14.7. The number of carbonyl (C=O) groups is 3. The maximum absolute atomic E-state index is 11.6. The Morgan fingerprint density at radius 3 is 1.24 bits per heavy atom. The lowest BCUT2D eigenvalue weighted by atomic mass is 9.87. The monoisotopic (exact) mass is 667 g/mol. The van der Waals surface area contributed by atoms with Crippen LogP contribution in [-0.4, -0.2) is 16.6 Å². The minimum atomic E-state index is -1.01. The average molecular weight is 668 g/mol. The Morgan fingerprint density at radius 2 is 1.03 bits per heavy atom. The minimum Gasteiger partial charge on any atom is -0.242 e. The van der Waals surface area contributed by atoms with Gasteiger partial charge in [0.25, 0.3) is 19.2 Å². The first-order valence-electron chi connectivity index (χ1n) is 11.3. The summed E-state index contributed by atoms with van der Waals surface area (Å²) in [5.41, 5.74) is 4.11. The lowest BCUT2D eigenvalue weighted by molar-refractivity contribution is -0.117. The Balaban J connectivity index is 0.000000543. The van der Waals surface area contributed by atoms with E-state index in [0.29, 0.717) is 0 Å². The van der Waals surface area contributed by atoms with Crippen LogP contribution in [0.2, 0.25) is 0 Å². The maximum Gasteiger partial charge on any atom is 0.368 e. The van der Waals surface area contributed by atoms with E-state index in [-0.39, 0.29) is 27.4 Å². The molecule has 0 fully saturated rings. The van der Waals surface area contributed by atoms with Crippen molar-refractivity contribution in [3.05, 3.63) is 70.8 Å². The second kappa shape index (κ2) is 17.2. The highest BCUT2D eigenvalue weighted by molar-refractivity contribution is 8.41. The Kier molecular flexibility index (Phi) is 17.3. The van der Waals surface area contributed by atoms with E-state index in [0.717, 1.165) is 17.5 Å². The van der Waals surface area contributed by atoms with Gasteiger partial charge in [0.1, 0.15) is 26.8 Å². The van der Waals surface area contributed by atoms with Crippen LogP contribution in [0.5, 0.6) is 0 Å². The molecule has 0 amide bonds. The van der Waals surface area contributed by atoms with E-state index in [1.54, 1.807) is 0 Å². The third-order valence-corrected chi connectivity index (χ3v) is 10.8. The fraction of sp³-hybridized carbons (Fsp3) is 0.400. The third kappa shape index (κ3) is 14.5. The number of hydrogen-bond acceptors (Lipinski definition) is 6. The Morgan fingerprint density at radius 1 is 0.676 bits per heavy atom. The van der Waals surface area contributed by atoms with Crippen molar-refractivity contribution in [2.75, 3.05) is 0 Å². The van der Waals surface area contributed by atoms with Gasteiger partial charge in [-0.15, -0.1) is 0 Å². The van der Waals surface area contributed by atoms with Crippen LogP contribution in [0.15, 0.2) is 48.5 Å². The van der Waals surface area contributed by atoms with Gasteiger partial charge in [0.05, 0.1) is 16.5 Å². The lowest BCUT2D eigenvalue weighted by Gasteiger charge is -2.18. The van der Waals surface area contributed by atoms with Crippen LogP contribution < -0.4 is 0 Å². The summed E-state index contributed by atoms with van der Waals surface area (Å²) in [7, 11) is 7.20. The molecule has 0 heterocycles. The highest BCUT2D eigenvalue weighted by atomic mass is 32.6. The van der Waals surface area contributed by atoms with Crippen LogP contribution in [0.4, 0.5) is 0 Å². The summed E-state index contributed by atoms with van der Waals surface area (Å²) in [6.45, 7) is 14.2. The Bertz CT molecular complexity index is 1150. The zero-order valence-corrected chi connectivity index (χ0v) is 30.9. The van der Waals surface area contributed by atoms with E-state index >= 15 is 0 Å². The molecule has 2 rings (SSSR count). The molecule has 200 valence electrons. The van der Waals surface area contributed by atoms with Gasteiger partial charge in [-0.05, 0) is 68.0 Å². The molecule has 0 N–H and O–H groups in total. The van der Waals surface area contributed by atoms with Crippen molar-refractivity contribution in [1.29, 1.82) is 0 Å². The van der Waals surface area contributed by atoms with Crippen molar-refractivity contribution >= 4 is 97.9 Å². The van der Waals surface area contributed by atoms with Crippen LogP contribution in [0.3, 0.4) is 0 Å². The molecule has 2 aromatic rings. The molecule has 3 nitrogen and oxygen atoms in total. The Hall–Kier alpha value is 0.300. The quantitative estimate of drug-likeness (QED) is 0.287. The van der Waals surface area contributed by atoms with Crippen molar-refractivity contribution in [3.63, 3.8) is 0 Å². The highest BCUT2D eigenvalue weighted by Crippen LogP contribution is 2.39. The van der Waals surface area contributed by atoms with Gasteiger partial charge in [0.2, 0.25) is 0 Å². The molecule has 0 bridgehead atoms. The summed E-state index contributed by atoms with van der Waals surface area (Å²) < 4.78 is 0. The van der Waals surface area contributed by atoms with Gasteiger partial charge < -0.3 is 0 Å². The largest absolute Gasteiger partial charge is 0.368 e. The lowest BCUT2D eigenvalue weighted by Crippen LogP contribution is -2.14. The number of aryl methyl sites for hydroxylation is 1. The molecular formula is C25H37O3P6S3+3. The summed E-state index contributed by atoms with van der Waals surface area (Å²) in [6.07, 6.45) is -1.90. The minimum absolute atomic E-state index is 0.0606. The van der Waals surface area contributed by atoms with E-state index in [1.165, 1.54) is 11.1 Å². The first kappa shape index (κ1) is 37.3. The van der Waals surface area contributed by atoms with Crippen LogP contribution in [0.1, 0.15) is 80.3 Å². The van der Waals surface area contributed by atoms with E-state index in [4.69, 9.17) is 35.4 Å². The molecule has 0 saturated heterocycles. The highest BCUT2D eigenvalue weighted by Gasteiger charge is 2.31. The van der Waals surface area contributed by atoms with Gasteiger partial charge in [-0.2, -0.15) is 0 Å². The van der Waals surface area contributed by atoms with E-state index in [2.05, 4.69) is 54.5 Å².